The van der Waals surface area contributed by atoms with Crippen LogP contribution in [0.2, 0.25) is 0 Å². The van der Waals surface area contributed by atoms with Gasteiger partial charge in [-0.25, -0.2) is 4.79 Å². The number of hydrogen-bond donors (Lipinski definition) is 0. The van der Waals surface area contributed by atoms with E-state index in [1.165, 1.54) is 19.3 Å². The van der Waals surface area contributed by atoms with Crippen LogP contribution in [-0.2, 0) is 24.0 Å². The summed E-state index contributed by atoms with van der Waals surface area (Å²) >= 11 is 0. The minimum Gasteiger partial charge on any atom is -0.350 e. The molecule has 0 saturated carbocycles. The molecule has 0 amide bonds. The molecule has 0 aromatic heterocycles. The molecule has 0 spiro atoms. The SMILES string of the molecule is C=C(C)C(=O)OOC(CC1OCCO1)C(C)(CC)CCCCCC. The lowest BCUT2D eigenvalue weighted by Gasteiger charge is -2.36. The lowest BCUT2D eigenvalue weighted by molar-refractivity contribution is -0.322. The summed E-state index contributed by atoms with van der Waals surface area (Å²) in [6.07, 6.45) is 6.75. The lowest BCUT2D eigenvalue weighted by Crippen LogP contribution is -2.38. The highest BCUT2D eigenvalue weighted by Gasteiger charge is 2.38. The van der Waals surface area contributed by atoms with Gasteiger partial charge in [0.25, 0.3) is 0 Å². The van der Waals surface area contributed by atoms with Crippen LogP contribution in [0.1, 0.15) is 72.6 Å². The number of carbonyl (C=O) groups excluding carboxylic acids is 1. The Bertz CT molecular complexity index is 389. The molecule has 2 atom stereocenters. The number of unbranched alkanes of at least 4 members (excludes halogenated alkanes) is 3. The first-order valence-corrected chi connectivity index (χ1v) is 9.19. The normalized spacial score (nSPS) is 19.0. The first-order chi connectivity index (χ1) is 11.4. The predicted molar refractivity (Wildman–Crippen MR) is 93.2 cm³/mol. The molecule has 0 aromatic rings. The molecule has 5 heteroatoms. The first kappa shape index (κ1) is 21.1. The summed E-state index contributed by atoms with van der Waals surface area (Å²) in [7, 11) is 0. The minimum atomic E-state index is -0.530. The minimum absolute atomic E-state index is 0.0988. The zero-order valence-electron chi connectivity index (χ0n) is 15.8. The summed E-state index contributed by atoms with van der Waals surface area (Å²) in [6, 6.07) is 0. The van der Waals surface area contributed by atoms with Crippen molar-refractivity contribution in [2.24, 2.45) is 5.41 Å². The van der Waals surface area contributed by atoms with E-state index < -0.39 is 5.97 Å². The van der Waals surface area contributed by atoms with Crippen LogP contribution in [0.3, 0.4) is 0 Å². The Morgan fingerprint density at radius 1 is 1.25 bits per heavy atom. The van der Waals surface area contributed by atoms with E-state index in [1.54, 1.807) is 6.92 Å². The Balaban J connectivity index is 2.69. The van der Waals surface area contributed by atoms with Crippen molar-refractivity contribution in [3.05, 3.63) is 12.2 Å². The highest BCUT2D eigenvalue weighted by molar-refractivity contribution is 5.86. The maximum Gasteiger partial charge on any atom is 0.368 e. The second-order valence-electron chi connectivity index (χ2n) is 6.96. The largest absolute Gasteiger partial charge is 0.368 e. The third-order valence-corrected chi connectivity index (χ3v) is 4.87. The van der Waals surface area contributed by atoms with Gasteiger partial charge in [-0.15, -0.1) is 0 Å². The zero-order valence-corrected chi connectivity index (χ0v) is 15.8. The molecule has 1 aliphatic heterocycles. The molecule has 5 nitrogen and oxygen atoms in total. The summed E-state index contributed by atoms with van der Waals surface area (Å²) in [5, 5.41) is 0. The smallest absolute Gasteiger partial charge is 0.350 e. The van der Waals surface area contributed by atoms with E-state index in [0.29, 0.717) is 25.2 Å². The van der Waals surface area contributed by atoms with Gasteiger partial charge in [0.1, 0.15) is 6.10 Å². The molecule has 1 fully saturated rings. The van der Waals surface area contributed by atoms with Crippen molar-refractivity contribution in [1.29, 1.82) is 0 Å². The summed E-state index contributed by atoms with van der Waals surface area (Å²) in [5.41, 5.74) is 0.224. The van der Waals surface area contributed by atoms with Gasteiger partial charge in [-0.3, -0.25) is 4.89 Å². The van der Waals surface area contributed by atoms with Gasteiger partial charge in [0.05, 0.1) is 13.2 Å². The molecular weight excluding hydrogens is 308 g/mol. The van der Waals surface area contributed by atoms with Crippen LogP contribution in [0, 0.1) is 5.41 Å². The van der Waals surface area contributed by atoms with Crippen LogP contribution >= 0.6 is 0 Å². The molecule has 0 N–H and O–H groups in total. The molecule has 0 aromatic carbocycles. The number of rotatable bonds is 12. The fourth-order valence-electron chi connectivity index (χ4n) is 2.85. The third kappa shape index (κ3) is 6.91. The average Bonchev–Trinajstić information content (AvgIpc) is 3.07. The van der Waals surface area contributed by atoms with Crippen LogP contribution in [0.5, 0.6) is 0 Å². The molecule has 1 heterocycles. The zero-order chi connectivity index (χ0) is 18.0. The van der Waals surface area contributed by atoms with Gasteiger partial charge in [-0.1, -0.05) is 53.0 Å². The van der Waals surface area contributed by atoms with E-state index in [0.717, 1.165) is 19.3 Å². The van der Waals surface area contributed by atoms with E-state index in [4.69, 9.17) is 19.2 Å². The van der Waals surface area contributed by atoms with Crippen molar-refractivity contribution < 1.29 is 24.0 Å². The maximum absolute atomic E-state index is 11.7. The Labute approximate surface area is 146 Å². The van der Waals surface area contributed by atoms with Gasteiger partial charge >= 0.3 is 5.97 Å². The monoisotopic (exact) mass is 342 g/mol. The van der Waals surface area contributed by atoms with Crippen LogP contribution in [-0.4, -0.2) is 31.6 Å². The Morgan fingerprint density at radius 2 is 1.92 bits per heavy atom. The van der Waals surface area contributed by atoms with Crippen LogP contribution in [0.15, 0.2) is 12.2 Å². The van der Waals surface area contributed by atoms with E-state index in [-0.39, 0.29) is 17.8 Å². The quantitative estimate of drug-likeness (QED) is 0.225. The van der Waals surface area contributed by atoms with Gasteiger partial charge in [-0.05, 0) is 25.2 Å². The highest BCUT2D eigenvalue weighted by atomic mass is 17.2. The van der Waals surface area contributed by atoms with Gasteiger partial charge in [0.15, 0.2) is 6.29 Å². The molecular formula is C19H34O5. The van der Waals surface area contributed by atoms with Crippen molar-refractivity contribution in [2.75, 3.05) is 13.2 Å². The van der Waals surface area contributed by atoms with Crippen molar-refractivity contribution in [3.8, 4) is 0 Å². The maximum atomic E-state index is 11.7. The van der Waals surface area contributed by atoms with E-state index in [2.05, 4.69) is 27.4 Å². The van der Waals surface area contributed by atoms with Crippen molar-refractivity contribution >= 4 is 5.97 Å². The summed E-state index contributed by atoms with van der Waals surface area (Å²) < 4.78 is 11.1. The lowest BCUT2D eigenvalue weighted by atomic mass is 9.75. The van der Waals surface area contributed by atoms with Gasteiger partial charge in [0, 0.05) is 12.0 Å². The van der Waals surface area contributed by atoms with Crippen LogP contribution in [0.4, 0.5) is 0 Å². The van der Waals surface area contributed by atoms with Crippen LogP contribution in [0.25, 0.3) is 0 Å². The Kier molecular flexibility index (Phi) is 9.56. The molecule has 0 aliphatic carbocycles. The predicted octanol–water partition coefficient (Wildman–Crippen LogP) is 4.56. The molecule has 1 rings (SSSR count). The number of hydrogen-bond acceptors (Lipinski definition) is 5. The fraction of sp³-hybridized carbons (Fsp3) is 0.842. The van der Waals surface area contributed by atoms with E-state index in [1.807, 2.05) is 0 Å². The van der Waals surface area contributed by atoms with E-state index >= 15 is 0 Å². The molecule has 140 valence electrons. The van der Waals surface area contributed by atoms with Crippen molar-refractivity contribution in [1.82, 2.24) is 0 Å². The summed E-state index contributed by atoms with van der Waals surface area (Å²) in [6.45, 7) is 12.9. The summed E-state index contributed by atoms with van der Waals surface area (Å²) in [4.78, 5) is 22.3. The van der Waals surface area contributed by atoms with Gasteiger partial charge < -0.3 is 9.47 Å². The molecule has 1 aliphatic rings. The number of ether oxygens (including phenoxy) is 2. The Hall–Kier alpha value is -0.910. The molecule has 0 radical (unpaired) electrons. The van der Waals surface area contributed by atoms with Crippen LogP contribution < -0.4 is 0 Å². The Morgan fingerprint density at radius 3 is 2.46 bits per heavy atom. The first-order valence-electron chi connectivity index (χ1n) is 9.19. The third-order valence-electron chi connectivity index (χ3n) is 4.87. The number of carbonyl (C=O) groups is 1. The molecule has 2 unspecified atom stereocenters. The fourth-order valence-corrected chi connectivity index (χ4v) is 2.85. The van der Waals surface area contributed by atoms with Crippen molar-refractivity contribution in [3.63, 3.8) is 0 Å². The van der Waals surface area contributed by atoms with E-state index in [9.17, 15) is 4.79 Å². The van der Waals surface area contributed by atoms with Gasteiger partial charge in [0.2, 0.25) is 0 Å². The summed E-state index contributed by atoms with van der Waals surface area (Å²) in [5.74, 6) is -0.530. The second kappa shape index (κ2) is 10.9. The molecule has 1 saturated heterocycles. The topological polar surface area (TPSA) is 54.0 Å². The molecule has 0 bridgehead atoms. The molecule has 24 heavy (non-hydrogen) atoms. The highest BCUT2D eigenvalue weighted by Crippen LogP contribution is 2.37. The average molecular weight is 342 g/mol. The van der Waals surface area contributed by atoms with Gasteiger partial charge in [-0.2, -0.15) is 4.89 Å². The standard InChI is InChI=1S/C19H34O5/c1-6-8-9-10-11-19(5,7-2)16(14-17-21-12-13-22-17)23-24-18(20)15(3)4/h16-17H,3,6-14H2,1-2,4-5H3. The second-order valence-corrected chi connectivity index (χ2v) is 6.96. The van der Waals surface area contributed by atoms with Crippen molar-refractivity contribution in [2.45, 2.75) is 85.0 Å².